The van der Waals surface area contributed by atoms with Crippen LogP contribution in [0.3, 0.4) is 0 Å². The number of nitrogens with zero attached hydrogens (tertiary/aromatic N) is 2. The van der Waals surface area contributed by atoms with Gasteiger partial charge in [-0.2, -0.15) is 16.9 Å². The summed E-state index contributed by atoms with van der Waals surface area (Å²) in [5, 5.41) is 9.02. The molecule has 0 spiro atoms. The maximum atomic E-state index is 4.51. The predicted molar refractivity (Wildman–Crippen MR) is 91.3 cm³/mol. The molecule has 0 aliphatic heterocycles. The predicted octanol–water partition coefficient (Wildman–Crippen LogP) is 4.38. The normalized spacial score (nSPS) is 17.8. The molecule has 0 amide bonds. The maximum absolute atomic E-state index is 4.51. The van der Waals surface area contributed by atoms with Gasteiger partial charge in [0, 0.05) is 17.5 Å². The average molecular weight is 360 g/mol. The first-order chi connectivity index (χ1) is 9.76. The zero-order valence-electron chi connectivity index (χ0n) is 12.6. The number of rotatable bonds is 8. The minimum atomic E-state index is 0.397. The van der Waals surface area contributed by atoms with Gasteiger partial charge in [-0.15, -0.1) is 0 Å². The Morgan fingerprint density at radius 1 is 1.45 bits per heavy atom. The van der Waals surface area contributed by atoms with Crippen molar-refractivity contribution in [1.82, 2.24) is 15.1 Å². The van der Waals surface area contributed by atoms with Crippen molar-refractivity contribution in [2.75, 3.05) is 12.3 Å². The molecule has 3 nitrogen and oxygen atoms in total. The molecule has 0 aromatic carbocycles. The number of hydrogen-bond acceptors (Lipinski definition) is 3. The van der Waals surface area contributed by atoms with E-state index in [-0.39, 0.29) is 0 Å². The van der Waals surface area contributed by atoms with E-state index in [0.717, 1.165) is 35.0 Å². The molecule has 0 radical (unpaired) electrons. The maximum Gasteiger partial charge on any atom is 0.0704 e. The molecule has 114 valence electrons. The molecule has 0 bridgehead atoms. The summed E-state index contributed by atoms with van der Waals surface area (Å²) in [4.78, 5) is 0. The molecule has 1 aromatic heterocycles. The van der Waals surface area contributed by atoms with Gasteiger partial charge in [0.2, 0.25) is 0 Å². The highest BCUT2D eigenvalue weighted by Crippen LogP contribution is 2.33. The minimum absolute atomic E-state index is 0.397. The van der Waals surface area contributed by atoms with Gasteiger partial charge in [0.15, 0.2) is 0 Å². The zero-order chi connectivity index (χ0) is 14.4. The first-order valence-electron chi connectivity index (χ1n) is 7.82. The molecule has 1 N–H and O–H groups in total. The van der Waals surface area contributed by atoms with E-state index < -0.39 is 0 Å². The lowest BCUT2D eigenvalue weighted by atomic mass is 10.2. The third-order valence-electron chi connectivity index (χ3n) is 3.85. The number of nitrogens with one attached hydrogen (secondary N) is 1. The van der Waals surface area contributed by atoms with Gasteiger partial charge in [-0.3, -0.25) is 4.68 Å². The fraction of sp³-hybridized carbons (Fsp3) is 0.800. The highest BCUT2D eigenvalue weighted by Gasteiger charge is 2.22. The largest absolute Gasteiger partial charge is 0.308 e. The van der Waals surface area contributed by atoms with Crippen molar-refractivity contribution in [2.24, 2.45) is 0 Å². The average Bonchev–Trinajstić information content (AvgIpc) is 3.06. The number of aromatic nitrogens is 2. The van der Waals surface area contributed by atoms with Crippen LogP contribution in [0.4, 0.5) is 0 Å². The lowest BCUT2D eigenvalue weighted by molar-refractivity contribution is 0.506. The first kappa shape index (κ1) is 16.4. The summed E-state index contributed by atoms with van der Waals surface area (Å²) in [6.07, 6.45) is 8.70. The molecule has 1 aromatic rings. The molecular weight excluding hydrogens is 334 g/mol. The number of halogens is 1. The minimum Gasteiger partial charge on any atom is -0.308 e. The fourth-order valence-corrected chi connectivity index (χ4v) is 4.86. The van der Waals surface area contributed by atoms with Crippen LogP contribution < -0.4 is 5.32 Å². The van der Waals surface area contributed by atoms with E-state index in [2.05, 4.69) is 56.6 Å². The third-order valence-corrected chi connectivity index (χ3v) is 5.93. The van der Waals surface area contributed by atoms with Crippen LogP contribution in [0.15, 0.2) is 10.7 Å². The second kappa shape index (κ2) is 8.44. The van der Waals surface area contributed by atoms with Gasteiger partial charge in [-0.05, 0) is 41.7 Å². The summed E-state index contributed by atoms with van der Waals surface area (Å²) in [7, 11) is 0. The molecule has 2 rings (SSSR count). The molecular formula is C15H26BrN3S. The highest BCUT2D eigenvalue weighted by molar-refractivity contribution is 9.10. The van der Waals surface area contributed by atoms with E-state index in [4.69, 9.17) is 0 Å². The van der Waals surface area contributed by atoms with Crippen molar-refractivity contribution >= 4 is 27.7 Å². The summed E-state index contributed by atoms with van der Waals surface area (Å²) in [5.74, 6) is 1.15. The summed E-state index contributed by atoms with van der Waals surface area (Å²) in [6, 6.07) is 0.397. The van der Waals surface area contributed by atoms with Gasteiger partial charge < -0.3 is 5.32 Å². The second-order valence-electron chi connectivity index (χ2n) is 5.45. The summed E-state index contributed by atoms with van der Waals surface area (Å²) in [5.41, 5.74) is 1.32. The SMILES string of the molecule is CCCn1ncc(Br)c1C(CSC1CCCC1)NCC. The summed E-state index contributed by atoms with van der Waals surface area (Å²) in [6.45, 7) is 6.38. The van der Waals surface area contributed by atoms with Gasteiger partial charge in [-0.25, -0.2) is 0 Å². The van der Waals surface area contributed by atoms with Crippen LogP contribution >= 0.6 is 27.7 Å². The number of thioether (sulfide) groups is 1. The number of hydrogen-bond donors (Lipinski definition) is 1. The van der Waals surface area contributed by atoms with E-state index in [9.17, 15) is 0 Å². The Bertz CT molecular complexity index is 402. The van der Waals surface area contributed by atoms with Gasteiger partial charge in [0.05, 0.1) is 22.4 Å². The van der Waals surface area contributed by atoms with Crippen LogP contribution in [0.25, 0.3) is 0 Å². The molecule has 1 fully saturated rings. The Labute approximate surface area is 135 Å². The molecule has 1 saturated carbocycles. The van der Waals surface area contributed by atoms with Crippen LogP contribution in [-0.2, 0) is 6.54 Å². The molecule has 1 unspecified atom stereocenters. The van der Waals surface area contributed by atoms with E-state index in [0.29, 0.717) is 6.04 Å². The quantitative estimate of drug-likeness (QED) is 0.746. The monoisotopic (exact) mass is 359 g/mol. The topological polar surface area (TPSA) is 29.9 Å². The molecule has 1 heterocycles. The first-order valence-corrected chi connectivity index (χ1v) is 9.66. The van der Waals surface area contributed by atoms with Crippen LogP contribution in [0.2, 0.25) is 0 Å². The van der Waals surface area contributed by atoms with Crippen LogP contribution in [0.5, 0.6) is 0 Å². The summed E-state index contributed by atoms with van der Waals surface area (Å²) < 4.78 is 3.30. The molecule has 20 heavy (non-hydrogen) atoms. The van der Waals surface area contributed by atoms with E-state index in [1.54, 1.807) is 0 Å². The van der Waals surface area contributed by atoms with Gasteiger partial charge >= 0.3 is 0 Å². The Hall–Kier alpha value is -0.0000000000000000763. The smallest absolute Gasteiger partial charge is 0.0704 e. The standard InChI is InChI=1S/C15H26BrN3S/c1-3-9-19-15(13(16)10-18-19)14(17-4-2)11-20-12-7-5-6-8-12/h10,12,14,17H,3-9,11H2,1-2H3. The Morgan fingerprint density at radius 3 is 2.85 bits per heavy atom. The van der Waals surface area contributed by atoms with Crippen molar-refractivity contribution in [3.8, 4) is 0 Å². The second-order valence-corrected chi connectivity index (χ2v) is 7.64. The van der Waals surface area contributed by atoms with Gasteiger partial charge in [0.25, 0.3) is 0 Å². The van der Waals surface area contributed by atoms with Crippen molar-refractivity contribution in [2.45, 2.75) is 63.8 Å². The molecule has 1 aliphatic rings. The van der Waals surface area contributed by atoms with Crippen molar-refractivity contribution in [3.05, 3.63) is 16.4 Å². The molecule has 1 atom stereocenters. The van der Waals surface area contributed by atoms with Crippen LogP contribution in [0.1, 0.15) is 57.7 Å². The van der Waals surface area contributed by atoms with Gasteiger partial charge in [-0.1, -0.05) is 26.7 Å². The van der Waals surface area contributed by atoms with E-state index in [1.165, 1.54) is 31.4 Å². The highest BCUT2D eigenvalue weighted by atomic mass is 79.9. The number of aryl methyl sites for hydroxylation is 1. The fourth-order valence-electron chi connectivity index (χ4n) is 2.88. The van der Waals surface area contributed by atoms with E-state index >= 15 is 0 Å². The van der Waals surface area contributed by atoms with E-state index in [1.807, 2.05) is 6.20 Å². The molecule has 5 heteroatoms. The molecule has 0 saturated heterocycles. The van der Waals surface area contributed by atoms with Crippen LogP contribution in [-0.4, -0.2) is 27.3 Å². The zero-order valence-corrected chi connectivity index (χ0v) is 15.0. The van der Waals surface area contributed by atoms with Crippen molar-refractivity contribution < 1.29 is 0 Å². The van der Waals surface area contributed by atoms with Crippen molar-refractivity contribution in [1.29, 1.82) is 0 Å². The lowest BCUT2D eigenvalue weighted by Gasteiger charge is -2.21. The molecule has 1 aliphatic carbocycles. The summed E-state index contributed by atoms with van der Waals surface area (Å²) >= 11 is 5.82. The van der Waals surface area contributed by atoms with Crippen LogP contribution in [0, 0.1) is 0 Å². The lowest BCUT2D eigenvalue weighted by Crippen LogP contribution is -2.27. The van der Waals surface area contributed by atoms with Crippen molar-refractivity contribution in [3.63, 3.8) is 0 Å². The third kappa shape index (κ3) is 4.25. The van der Waals surface area contributed by atoms with Gasteiger partial charge in [0.1, 0.15) is 0 Å². The Morgan fingerprint density at radius 2 is 2.20 bits per heavy atom. The Kier molecular flexibility index (Phi) is 6.91. The Balaban J connectivity index is 2.04.